The van der Waals surface area contributed by atoms with Gasteiger partial charge in [0, 0.05) is 19.4 Å². The second kappa shape index (κ2) is 40.1. The fraction of sp³-hybridized carbons (Fsp3) is 0.682. The van der Waals surface area contributed by atoms with Gasteiger partial charge in [-0.25, -0.2) is 4.57 Å². The minimum Gasteiger partial charge on any atom is -0.462 e. The summed E-state index contributed by atoms with van der Waals surface area (Å²) in [6.45, 7) is 3.58. The van der Waals surface area contributed by atoms with Gasteiger partial charge in [0.25, 0.3) is 0 Å². The smallest absolute Gasteiger partial charge is 0.462 e. The molecule has 54 heavy (non-hydrogen) atoms. The number of phosphoric ester groups is 1. The van der Waals surface area contributed by atoms with E-state index in [-0.39, 0.29) is 32.6 Å². The number of hydrogen-bond acceptors (Lipinski definition) is 8. The molecule has 0 aliphatic rings. The third-order valence-corrected chi connectivity index (χ3v) is 9.31. The molecule has 0 aliphatic heterocycles. The van der Waals surface area contributed by atoms with Crippen molar-refractivity contribution in [2.75, 3.05) is 26.4 Å². The summed E-state index contributed by atoms with van der Waals surface area (Å²) in [4.78, 5) is 34.8. The summed E-state index contributed by atoms with van der Waals surface area (Å²) in [6, 6.07) is 0. The molecule has 9 nitrogen and oxygen atoms in total. The average Bonchev–Trinajstić information content (AvgIpc) is 3.16. The first-order valence-corrected chi connectivity index (χ1v) is 22.4. The lowest BCUT2D eigenvalue weighted by Crippen LogP contribution is -2.29. The van der Waals surface area contributed by atoms with Crippen molar-refractivity contribution in [3.05, 3.63) is 72.9 Å². The monoisotopic (exact) mass is 778 g/mol. The first-order valence-electron chi connectivity index (χ1n) is 20.9. The zero-order valence-electron chi connectivity index (χ0n) is 33.9. The van der Waals surface area contributed by atoms with Crippen molar-refractivity contribution in [2.45, 2.75) is 168 Å². The van der Waals surface area contributed by atoms with E-state index in [1.54, 1.807) is 0 Å². The van der Waals surface area contributed by atoms with Crippen LogP contribution in [0.2, 0.25) is 0 Å². The Hall–Kier alpha value is -2.55. The Kier molecular flexibility index (Phi) is 38.2. The molecule has 0 aromatic rings. The third kappa shape index (κ3) is 39.2. The number of ether oxygens (including phenoxy) is 2. The first kappa shape index (κ1) is 51.5. The molecule has 10 heteroatoms. The zero-order valence-corrected chi connectivity index (χ0v) is 34.8. The second-order valence-electron chi connectivity index (χ2n) is 13.5. The van der Waals surface area contributed by atoms with Crippen molar-refractivity contribution in [2.24, 2.45) is 5.73 Å². The van der Waals surface area contributed by atoms with E-state index in [2.05, 4.69) is 74.6 Å². The highest BCUT2D eigenvalue weighted by atomic mass is 31.2. The number of hydrogen-bond donors (Lipinski definition) is 2. The van der Waals surface area contributed by atoms with Crippen LogP contribution in [0.4, 0.5) is 0 Å². The summed E-state index contributed by atoms with van der Waals surface area (Å²) in [7, 11) is -4.40. The highest BCUT2D eigenvalue weighted by molar-refractivity contribution is 7.47. The molecule has 0 heterocycles. The Morgan fingerprint density at radius 2 is 1.00 bits per heavy atom. The van der Waals surface area contributed by atoms with E-state index >= 15 is 0 Å². The second-order valence-corrected chi connectivity index (χ2v) is 14.9. The minimum atomic E-state index is -4.40. The van der Waals surface area contributed by atoms with E-state index in [1.807, 2.05) is 12.2 Å². The van der Waals surface area contributed by atoms with Crippen LogP contribution < -0.4 is 5.73 Å². The van der Waals surface area contributed by atoms with Crippen molar-refractivity contribution >= 4 is 19.8 Å². The number of allylic oxidation sites excluding steroid dienone is 12. The topological polar surface area (TPSA) is 134 Å². The molecule has 3 N–H and O–H groups in total. The lowest BCUT2D eigenvalue weighted by Gasteiger charge is -2.19. The lowest BCUT2D eigenvalue weighted by atomic mass is 10.1. The summed E-state index contributed by atoms with van der Waals surface area (Å²) in [5, 5.41) is 0. The van der Waals surface area contributed by atoms with Crippen LogP contribution in [0.3, 0.4) is 0 Å². The highest BCUT2D eigenvalue weighted by Gasteiger charge is 2.25. The maximum Gasteiger partial charge on any atom is 0.472 e. The van der Waals surface area contributed by atoms with Gasteiger partial charge in [-0.2, -0.15) is 0 Å². The molecule has 0 aliphatic carbocycles. The first-order chi connectivity index (χ1) is 26.3. The van der Waals surface area contributed by atoms with E-state index in [4.69, 9.17) is 24.3 Å². The number of esters is 2. The number of rotatable bonds is 38. The lowest BCUT2D eigenvalue weighted by molar-refractivity contribution is -0.161. The Balaban J connectivity index is 4.33. The molecule has 310 valence electrons. The van der Waals surface area contributed by atoms with Crippen LogP contribution in [0.1, 0.15) is 162 Å². The van der Waals surface area contributed by atoms with E-state index in [0.29, 0.717) is 12.8 Å². The van der Waals surface area contributed by atoms with E-state index in [9.17, 15) is 19.0 Å². The van der Waals surface area contributed by atoms with Gasteiger partial charge < -0.3 is 20.1 Å². The molecular formula is C44H76NO8P. The summed E-state index contributed by atoms with van der Waals surface area (Å²) in [5.74, 6) is -0.941. The molecule has 1 unspecified atom stereocenters. The Morgan fingerprint density at radius 3 is 1.56 bits per heavy atom. The van der Waals surface area contributed by atoms with Crippen LogP contribution in [0.15, 0.2) is 72.9 Å². The van der Waals surface area contributed by atoms with E-state index in [1.165, 1.54) is 64.2 Å². The van der Waals surface area contributed by atoms with Gasteiger partial charge in [0.2, 0.25) is 0 Å². The van der Waals surface area contributed by atoms with Crippen molar-refractivity contribution in [3.8, 4) is 0 Å². The molecule has 0 spiro atoms. The predicted octanol–water partition coefficient (Wildman–Crippen LogP) is 11.9. The Bertz CT molecular complexity index is 1110. The summed E-state index contributed by atoms with van der Waals surface area (Å²) < 4.78 is 32.6. The summed E-state index contributed by atoms with van der Waals surface area (Å²) in [6.07, 6.45) is 48.0. The number of phosphoric acid groups is 1. The van der Waals surface area contributed by atoms with Gasteiger partial charge in [0.15, 0.2) is 6.10 Å². The molecule has 2 atom stereocenters. The SMILES string of the molecule is CCCCC/C=C/C/C=C/C/C=C/C/C=C/C/C=C/CCC(=O)OC[C@@H](COP(=O)(O)OCCN)OC(=O)CCCCCCC/C=C/CCCCCCC. The third-order valence-electron chi connectivity index (χ3n) is 8.33. The summed E-state index contributed by atoms with van der Waals surface area (Å²) >= 11 is 0. The molecule has 0 aromatic carbocycles. The molecule has 0 saturated carbocycles. The van der Waals surface area contributed by atoms with Crippen molar-refractivity contribution < 1.29 is 37.6 Å². The van der Waals surface area contributed by atoms with Gasteiger partial charge in [0.1, 0.15) is 6.61 Å². The molecule has 0 aromatic heterocycles. The normalized spacial score (nSPS) is 14.1. The largest absolute Gasteiger partial charge is 0.472 e. The van der Waals surface area contributed by atoms with Crippen LogP contribution >= 0.6 is 7.82 Å². The fourth-order valence-electron chi connectivity index (χ4n) is 5.20. The van der Waals surface area contributed by atoms with Crippen LogP contribution in [0, 0.1) is 0 Å². The molecule has 0 saturated heterocycles. The number of carbonyl (C=O) groups excluding carboxylic acids is 2. The zero-order chi connectivity index (χ0) is 39.6. The Morgan fingerprint density at radius 1 is 0.556 bits per heavy atom. The van der Waals surface area contributed by atoms with Gasteiger partial charge >= 0.3 is 19.8 Å². The van der Waals surface area contributed by atoms with Crippen LogP contribution in [0.25, 0.3) is 0 Å². The number of nitrogens with two attached hydrogens (primary N) is 1. The quantitative estimate of drug-likeness (QED) is 0.0272. The van der Waals surface area contributed by atoms with Crippen LogP contribution in [-0.4, -0.2) is 49.3 Å². The standard InChI is InChI=1S/C44H76NO8P/c1-3-5-7-9-11-13-15-17-19-20-21-22-23-25-26-28-30-32-34-36-43(46)50-40-42(41-52-54(48,49)51-39-38-45)53-44(47)37-35-33-31-29-27-24-18-16-14-12-10-8-6-4-2/h11,13,16-19,21-22,25-26,30,32,42H,3-10,12,14-15,20,23-24,27-29,31,33-41,45H2,1-2H3,(H,48,49)/b13-11+,18-16+,19-17+,22-21+,26-25+,32-30+/t42-/m0/s1. The van der Waals surface area contributed by atoms with Crippen LogP contribution in [0.5, 0.6) is 0 Å². The summed E-state index contributed by atoms with van der Waals surface area (Å²) in [5.41, 5.74) is 5.33. The Labute approximate surface area is 329 Å². The van der Waals surface area contributed by atoms with E-state index < -0.39 is 32.5 Å². The van der Waals surface area contributed by atoms with Crippen molar-refractivity contribution in [1.82, 2.24) is 0 Å². The number of unbranched alkanes of at least 4 members (excludes halogenated alkanes) is 13. The van der Waals surface area contributed by atoms with Gasteiger partial charge in [-0.05, 0) is 77.0 Å². The van der Waals surface area contributed by atoms with E-state index in [0.717, 1.165) is 57.8 Å². The molecule has 0 fully saturated rings. The van der Waals surface area contributed by atoms with Gasteiger partial charge in [0.05, 0.1) is 13.2 Å². The molecule has 0 amide bonds. The van der Waals surface area contributed by atoms with Gasteiger partial charge in [-0.15, -0.1) is 0 Å². The molecule has 0 radical (unpaired) electrons. The molecular weight excluding hydrogens is 701 g/mol. The van der Waals surface area contributed by atoms with Crippen LogP contribution in [-0.2, 0) is 32.7 Å². The maximum absolute atomic E-state index is 12.5. The predicted molar refractivity (Wildman–Crippen MR) is 224 cm³/mol. The van der Waals surface area contributed by atoms with Gasteiger partial charge in [-0.1, -0.05) is 145 Å². The minimum absolute atomic E-state index is 0.0395. The fourth-order valence-corrected chi connectivity index (χ4v) is 5.96. The molecule has 0 bridgehead atoms. The maximum atomic E-state index is 12.5. The van der Waals surface area contributed by atoms with Gasteiger partial charge in [-0.3, -0.25) is 18.6 Å². The molecule has 0 rings (SSSR count). The highest BCUT2D eigenvalue weighted by Crippen LogP contribution is 2.43. The van der Waals surface area contributed by atoms with Crippen molar-refractivity contribution in [1.29, 1.82) is 0 Å². The van der Waals surface area contributed by atoms with Crippen molar-refractivity contribution in [3.63, 3.8) is 0 Å². The number of carbonyl (C=O) groups is 2. The average molecular weight is 778 g/mol.